The lowest BCUT2D eigenvalue weighted by molar-refractivity contribution is -0.230. The van der Waals surface area contributed by atoms with E-state index >= 15 is 0 Å². The summed E-state index contributed by atoms with van der Waals surface area (Å²) in [5, 5.41) is 13.0. The number of esters is 1. The Labute approximate surface area is 272 Å². The molecule has 0 bridgehead atoms. The van der Waals surface area contributed by atoms with Crippen LogP contribution in [0.4, 0.5) is 0 Å². The second-order valence-corrected chi connectivity index (χ2v) is 12.6. The molecule has 9 nitrogen and oxygen atoms in total. The smallest absolute Gasteiger partial charge is 0.341 e. The summed E-state index contributed by atoms with van der Waals surface area (Å²) in [6.07, 6.45) is 3.15. The normalized spacial score (nSPS) is 19.1. The van der Waals surface area contributed by atoms with E-state index in [4.69, 9.17) is 14.2 Å². The lowest BCUT2D eigenvalue weighted by Gasteiger charge is -2.37. The number of benzene rings is 1. The van der Waals surface area contributed by atoms with Crippen molar-refractivity contribution in [3.8, 4) is 0 Å². The molecular formula is C36H62N2O7. The van der Waals surface area contributed by atoms with E-state index in [0.717, 1.165) is 35.8 Å². The summed E-state index contributed by atoms with van der Waals surface area (Å²) in [5.74, 6) is 0.360. The van der Waals surface area contributed by atoms with Crippen molar-refractivity contribution in [2.45, 2.75) is 127 Å². The minimum Gasteiger partial charge on any atom is -0.477 e. The van der Waals surface area contributed by atoms with Gasteiger partial charge in [0.15, 0.2) is 6.29 Å². The quantitative estimate of drug-likeness (QED) is 0.195. The lowest BCUT2D eigenvalue weighted by atomic mass is 9.94. The van der Waals surface area contributed by atoms with Gasteiger partial charge in [-0.1, -0.05) is 68.4 Å². The Kier molecular flexibility index (Phi) is 21.3. The number of aromatic nitrogens is 1. The Morgan fingerprint density at radius 2 is 1.67 bits per heavy atom. The van der Waals surface area contributed by atoms with Gasteiger partial charge in [-0.15, -0.1) is 0 Å². The van der Waals surface area contributed by atoms with Crippen molar-refractivity contribution in [2.24, 2.45) is 17.8 Å². The van der Waals surface area contributed by atoms with Gasteiger partial charge in [-0.2, -0.15) is 0 Å². The van der Waals surface area contributed by atoms with Gasteiger partial charge in [-0.25, -0.2) is 4.79 Å². The number of nitrogens with zero attached hydrogens (tertiary/aromatic N) is 1. The van der Waals surface area contributed by atoms with E-state index in [1.54, 1.807) is 17.7 Å². The third kappa shape index (κ3) is 15.9. The summed E-state index contributed by atoms with van der Waals surface area (Å²) >= 11 is 0. The summed E-state index contributed by atoms with van der Waals surface area (Å²) in [4.78, 5) is 36.3. The number of rotatable bonds is 11. The number of methoxy groups -OCH3 is 1. The van der Waals surface area contributed by atoms with Gasteiger partial charge in [0, 0.05) is 44.1 Å². The summed E-state index contributed by atoms with van der Waals surface area (Å²) in [6.45, 7) is 24.6. The molecule has 258 valence electrons. The molecule has 1 aliphatic rings. The Morgan fingerprint density at radius 3 is 2.18 bits per heavy atom. The van der Waals surface area contributed by atoms with Gasteiger partial charge >= 0.3 is 11.9 Å². The monoisotopic (exact) mass is 634 g/mol. The van der Waals surface area contributed by atoms with E-state index in [0.29, 0.717) is 31.4 Å². The molecule has 1 aliphatic heterocycles. The summed E-state index contributed by atoms with van der Waals surface area (Å²) in [5.41, 5.74) is 1.02. The van der Waals surface area contributed by atoms with Crippen LogP contribution in [0.1, 0.15) is 111 Å². The van der Waals surface area contributed by atoms with Crippen LogP contribution in [-0.4, -0.2) is 60.3 Å². The number of carbonyl (C=O) groups excluding carboxylic acids is 1. The Balaban J connectivity index is 0.00000170. The number of fused-ring (bicyclic) bond motifs is 1. The molecule has 4 atom stereocenters. The van der Waals surface area contributed by atoms with Crippen molar-refractivity contribution in [3.63, 3.8) is 0 Å². The molecule has 3 rings (SSSR count). The van der Waals surface area contributed by atoms with E-state index in [1.165, 1.54) is 6.20 Å². The Bertz CT molecular complexity index is 1170. The van der Waals surface area contributed by atoms with Crippen LogP contribution in [0.15, 0.2) is 29.2 Å². The lowest BCUT2D eigenvalue weighted by Crippen LogP contribution is -2.45. The third-order valence-corrected chi connectivity index (χ3v) is 6.53. The van der Waals surface area contributed by atoms with E-state index in [-0.39, 0.29) is 42.4 Å². The molecule has 1 fully saturated rings. The summed E-state index contributed by atoms with van der Waals surface area (Å²) in [7, 11) is 1.61. The molecule has 45 heavy (non-hydrogen) atoms. The number of carbonyl (C=O) groups is 2. The number of pyridine rings is 1. The minimum atomic E-state index is -1.22. The molecule has 2 heterocycles. The van der Waals surface area contributed by atoms with Crippen molar-refractivity contribution >= 4 is 22.8 Å². The molecule has 0 amide bonds. The molecule has 2 N–H and O–H groups in total. The summed E-state index contributed by atoms with van der Waals surface area (Å²) in [6, 6.07) is 5.63. The first-order chi connectivity index (χ1) is 21.2. The van der Waals surface area contributed by atoms with Gasteiger partial charge in [0.2, 0.25) is 5.43 Å². The number of nitrogens with one attached hydrogen (secondary N) is 1. The van der Waals surface area contributed by atoms with Gasteiger partial charge in [-0.05, 0) is 62.8 Å². The fourth-order valence-electron chi connectivity index (χ4n) is 4.59. The maximum atomic E-state index is 12.6. The van der Waals surface area contributed by atoms with Crippen LogP contribution in [0.2, 0.25) is 0 Å². The maximum Gasteiger partial charge on any atom is 0.341 e. The maximum absolute atomic E-state index is 12.6. The Hall–Kier alpha value is -2.75. The van der Waals surface area contributed by atoms with Crippen molar-refractivity contribution in [3.05, 3.63) is 45.7 Å². The van der Waals surface area contributed by atoms with E-state index < -0.39 is 11.4 Å². The molecule has 1 saturated heterocycles. The standard InChI is InChI=1S/C26H36N2O7.2C4H10.C2H6/c1-5-28-15-20(26(31)32)24(30)19-14-18(8-9-21(19)28)7-6-11-27-12-10-22(29)35-25-16(2)13-23(33-4)34-17(25)3;2*1-4(2)3;1-2/h8-9,14-17,23,25,27H,5-7,10-13H2,1-4H3,(H,31,32);2*4H,1-3H3;1-2H3. The molecule has 0 aliphatic carbocycles. The fourth-order valence-corrected chi connectivity index (χ4v) is 4.59. The van der Waals surface area contributed by atoms with E-state index in [9.17, 15) is 19.5 Å². The van der Waals surface area contributed by atoms with Crippen LogP contribution >= 0.6 is 0 Å². The van der Waals surface area contributed by atoms with Crippen molar-refractivity contribution in [1.29, 1.82) is 0 Å². The van der Waals surface area contributed by atoms with Gasteiger partial charge < -0.3 is 29.2 Å². The van der Waals surface area contributed by atoms with Crippen LogP contribution in [0.3, 0.4) is 0 Å². The van der Waals surface area contributed by atoms with Gasteiger partial charge in [0.25, 0.3) is 0 Å². The van der Waals surface area contributed by atoms with Crippen LogP contribution in [0, 0.1) is 17.8 Å². The van der Waals surface area contributed by atoms with Gasteiger partial charge in [-0.3, -0.25) is 9.59 Å². The van der Waals surface area contributed by atoms with E-state index in [2.05, 4.69) is 46.9 Å². The predicted octanol–water partition coefficient (Wildman–Crippen LogP) is 7.31. The number of aryl methyl sites for hydroxylation is 2. The first-order valence-electron chi connectivity index (χ1n) is 16.7. The van der Waals surface area contributed by atoms with Crippen LogP contribution in [0.25, 0.3) is 10.9 Å². The van der Waals surface area contributed by atoms with Crippen LogP contribution in [0.5, 0.6) is 0 Å². The number of carboxylic acids is 1. The topological polar surface area (TPSA) is 116 Å². The number of hydrogen-bond donors (Lipinski definition) is 2. The molecule has 0 radical (unpaired) electrons. The number of ether oxygens (including phenoxy) is 3. The third-order valence-electron chi connectivity index (χ3n) is 6.53. The molecule has 0 saturated carbocycles. The SMILES string of the molecule is CC.CC(C)C.CC(C)C.CCn1cc(C(=O)O)c(=O)c2cc(CCCNCCC(=O)OC3C(C)CC(OC)OC3C)ccc21. The average molecular weight is 635 g/mol. The average Bonchev–Trinajstić information content (AvgIpc) is 2.97. The highest BCUT2D eigenvalue weighted by Gasteiger charge is 2.36. The van der Waals surface area contributed by atoms with Crippen molar-refractivity contribution < 1.29 is 28.9 Å². The molecule has 1 aromatic heterocycles. The van der Waals surface area contributed by atoms with E-state index in [1.807, 2.05) is 46.8 Å². The molecule has 4 unspecified atom stereocenters. The predicted molar refractivity (Wildman–Crippen MR) is 184 cm³/mol. The zero-order valence-electron chi connectivity index (χ0n) is 30.1. The molecular weight excluding hydrogens is 572 g/mol. The Morgan fingerprint density at radius 1 is 1.07 bits per heavy atom. The number of aromatic carboxylic acids is 1. The van der Waals surface area contributed by atoms with Crippen LogP contribution < -0.4 is 10.7 Å². The van der Waals surface area contributed by atoms with Crippen LogP contribution in [-0.2, 0) is 32.0 Å². The first kappa shape index (κ1) is 42.2. The highest BCUT2D eigenvalue weighted by molar-refractivity contribution is 5.92. The van der Waals surface area contributed by atoms with Gasteiger partial charge in [0.05, 0.1) is 18.0 Å². The highest BCUT2D eigenvalue weighted by Crippen LogP contribution is 2.28. The minimum absolute atomic E-state index is 0.163. The van der Waals surface area contributed by atoms with Crippen molar-refractivity contribution in [2.75, 3.05) is 20.2 Å². The second kappa shape index (κ2) is 22.7. The molecule has 0 spiro atoms. The van der Waals surface area contributed by atoms with Crippen molar-refractivity contribution in [1.82, 2.24) is 9.88 Å². The summed E-state index contributed by atoms with van der Waals surface area (Å²) < 4.78 is 18.4. The zero-order chi connectivity index (χ0) is 34.7. The highest BCUT2D eigenvalue weighted by atomic mass is 16.7. The molecule has 9 heteroatoms. The number of hydrogen-bond acceptors (Lipinski definition) is 7. The van der Waals surface area contributed by atoms with Gasteiger partial charge in [0.1, 0.15) is 11.7 Å². The fraction of sp³-hybridized carbons (Fsp3) is 0.694. The largest absolute Gasteiger partial charge is 0.477 e. The molecule has 1 aromatic carbocycles. The zero-order valence-corrected chi connectivity index (χ0v) is 30.1. The second-order valence-electron chi connectivity index (χ2n) is 12.6. The number of carboxylic acid groups (broad SMARTS) is 1. The first-order valence-corrected chi connectivity index (χ1v) is 16.7. The molecule has 2 aromatic rings.